The Labute approximate surface area is 401 Å². The van der Waals surface area contributed by atoms with Crippen LogP contribution >= 0.6 is 0 Å². The second-order valence-corrected chi connectivity index (χ2v) is 20.0. The third kappa shape index (κ3) is 5.87. The van der Waals surface area contributed by atoms with E-state index in [4.69, 9.17) is 8.83 Å². The molecule has 2 aliphatic rings. The average molecular weight is 886 g/mol. The van der Waals surface area contributed by atoms with Crippen LogP contribution in [0.2, 0.25) is 0 Å². The fraction of sp³-hybridized carbons (Fsp3) is 0.0909. The van der Waals surface area contributed by atoms with Gasteiger partial charge in [-0.15, -0.1) is 0 Å². The number of hydrogen-bond donors (Lipinski definition) is 0. The molecular weight excluding hydrogens is 839 g/mol. The van der Waals surface area contributed by atoms with Crippen molar-refractivity contribution < 1.29 is 8.83 Å². The smallest absolute Gasteiger partial charge is 0.143 e. The molecule has 10 aromatic carbocycles. The van der Waals surface area contributed by atoms with Crippen molar-refractivity contribution in [1.82, 2.24) is 0 Å². The summed E-state index contributed by atoms with van der Waals surface area (Å²) < 4.78 is 13.0. The summed E-state index contributed by atoms with van der Waals surface area (Å²) in [4.78, 5) is 2.40. The summed E-state index contributed by atoms with van der Waals surface area (Å²) in [5, 5.41) is 4.57. The molecule has 328 valence electrons. The lowest BCUT2D eigenvalue weighted by Gasteiger charge is -2.28. The number of nitrogens with zero attached hydrogens (tertiary/aromatic N) is 1. The van der Waals surface area contributed by atoms with Gasteiger partial charge in [0.1, 0.15) is 22.3 Å². The molecule has 0 radical (unpaired) electrons. The average Bonchev–Trinajstić information content (AvgIpc) is 4.09. The lowest BCUT2D eigenvalue weighted by atomic mass is 9.81. The summed E-state index contributed by atoms with van der Waals surface area (Å²) in [5.74, 6) is 0. The third-order valence-corrected chi connectivity index (χ3v) is 15.5. The van der Waals surface area contributed by atoms with Crippen LogP contribution in [-0.4, -0.2) is 0 Å². The Morgan fingerprint density at radius 1 is 0.290 bits per heavy atom. The van der Waals surface area contributed by atoms with Crippen LogP contribution in [0.4, 0.5) is 17.1 Å². The maximum atomic E-state index is 6.48. The van der Waals surface area contributed by atoms with E-state index in [0.717, 1.165) is 77.6 Å². The van der Waals surface area contributed by atoms with Crippen LogP contribution in [-0.2, 0) is 10.8 Å². The summed E-state index contributed by atoms with van der Waals surface area (Å²) in [6, 6.07) is 77.6. The van der Waals surface area contributed by atoms with Crippen molar-refractivity contribution in [3.8, 4) is 55.6 Å². The number of anilines is 3. The largest absolute Gasteiger partial charge is 0.455 e. The van der Waals surface area contributed by atoms with Crippen LogP contribution < -0.4 is 4.90 Å². The molecule has 2 aliphatic carbocycles. The molecule has 0 fully saturated rings. The molecule has 0 N–H and O–H groups in total. The molecule has 0 atom stereocenters. The molecule has 0 spiro atoms. The van der Waals surface area contributed by atoms with E-state index in [1.165, 1.54) is 61.2 Å². The molecule has 2 heterocycles. The highest BCUT2D eigenvalue weighted by Crippen LogP contribution is 2.53. The van der Waals surface area contributed by atoms with Crippen molar-refractivity contribution in [1.29, 1.82) is 0 Å². The van der Waals surface area contributed by atoms with E-state index >= 15 is 0 Å². The van der Waals surface area contributed by atoms with E-state index in [0.29, 0.717) is 0 Å². The van der Waals surface area contributed by atoms with Gasteiger partial charge in [0.05, 0.1) is 0 Å². The maximum absolute atomic E-state index is 6.48. The Hall–Kier alpha value is -8.40. The molecule has 0 saturated heterocycles. The van der Waals surface area contributed by atoms with Crippen LogP contribution in [0.25, 0.3) is 99.5 Å². The fourth-order valence-corrected chi connectivity index (χ4v) is 11.9. The number of fused-ring (bicyclic) bond motifs is 12. The van der Waals surface area contributed by atoms with E-state index in [1.807, 2.05) is 18.2 Å². The van der Waals surface area contributed by atoms with Crippen LogP contribution in [0.15, 0.2) is 221 Å². The molecule has 3 heteroatoms. The van der Waals surface area contributed by atoms with Crippen molar-refractivity contribution in [3.63, 3.8) is 0 Å². The zero-order chi connectivity index (χ0) is 46.2. The highest BCUT2D eigenvalue weighted by Gasteiger charge is 2.37. The van der Waals surface area contributed by atoms with Gasteiger partial charge in [0.2, 0.25) is 0 Å². The Kier molecular flexibility index (Phi) is 8.38. The minimum absolute atomic E-state index is 0.127. The summed E-state index contributed by atoms with van der Waals surface area (Å²) in [5.41, 5.74) is 24.2. The van der Waals surface area contributed by atoms with Crippen LogP contribution in [0.5, 0.6) is 0 Å². The fourth-order valence-electron chi connectivity index (χ4n) is 11.9. The second kappa shape index (κ2) is 14.6. The normalized spacial score (nSPS) is 14.0. The number of para-hydroxylation sites is 4. The first-order valence-corrected chi connectivity index (χ1v) is 24.1. The van der Waals surface area contributed by atoms with Gasteiger partial charge >= 0.3 is 0 Å². The van der Waals surface area contributed by atoms with Gasteiger partial charge in [-0.05, 0) is 127 Å². The van der Waals surface area contributed by atoms with Gasteiger partial charge in [-0.2, -0.15) is 0 Å². The van der Waals surface area contributed by atoms with Crippen molar-refractivity contribution in [2.24, 2.45) is 0 Å². The Morgan fingerprint density at radius 2 is 0.739 bits per heavy atom. The Morgan fingerprint density at radius 3 is 1.41 bits per heavy atom. The van der Waals surface area contributed by atoms with E-state index in [9.17, 15) is 0 Å². The topological polar surface area (TPSA) is 29.5 Å². The van der Waals surface area contributed by atoms with Gasteiger partial charge in [0.25, 0.3) is 0 Å². The molecule has 2 aromatic heterocycles. The number of hydrogen-bond acceptors (Lipinski definition) is 3. The van der Waals surface area contributed by atoms with Crippen molar-refractivity contribution in [3.05, 3.63) is 235 Å². The SMILES string of the molecule is CC1(C)c2ccc(-c3ccc(N(c4ccc(-c5cccc6c5oc5ccccc56)cc4)c4ccc5c(c4)C(C)(C)c4ccccc4-5)cc3)cc2-c2ccc(-c3cccc4c3oc3ccccc34)cc21. The van der Waals surface area contributed by atoms with Crippen molar-refractivity contribution in [2.75, 3.05) is 4.90 Å². The summed E-state index contributed by atoms with van der Waals surface area (Å²) in [7, 11) is 0. The zero-order valence-electron chi connectivity index (χ0n) is 39.0. The maximum Gasteiger partial charge on any atom is 0.143 e. The predicted molar refractivity (Wildman–Crippen MR) is 287 cm³/mol. The number of benzene rings is 10. The molecule has 0 saturated carbocycles. The highest BCUT2D eigenvalue weighted by molar-refractivity contribution is 6.11. The summed E-state index contributed by atoms with van der Waals surface area (Å²) in [6.07, 6.45) is 0. The molecule has 0 amide bonds. The predicted octanol–water partition coefficient (Wildman–Crippen LogP) is 18.6. The van der Waals surface area contributed by atoms with E-state index < -0.39 is 0 Å². The molecule has 0 bridgehead atoms. The van der Waals surface area contributed by atoms with Crippen LogP contribution in [0, 0.1) is 0 Å². The quantitative estimate of drug-likeness (QED) is 0.167. The molecular formula is C66H47NO2. The van der Waals surface area contributed by atoms with E-state index in [-0.39, 0.29) is 10.8 Å². The number of furan rings is 2. The Balaban J connectivity index is 0.837. The lowest BCUT2D eigenvalue weighted by Crippen LogP contribution is -2.16. The van der Waals surface area contributed by atoms with E-state index in [1.54, 1.807) is 0 Å². The first kappa shape index (κ1) is 39.7. The molecule has 69 heavy (non-hydrogen) atoms. The second-order valence-electron chi connectivity index (χ2n) is 20.0. The van der Waals surface area contributed by atoms with Crippen LogP contribution in [0.1, 0.15) is 49.9 Å². The standard InChI is InChI=1S/C66H47NO2/c1-65(2)57-20-8-5-13-49(57)50-35-33-46(39-60(50)65)67(45-31-25-41(26-32-45)47-16-11-18-54-52-14-6-9-21-61(52)68-63(47)54)44-29-23-40(24-30-44)42-28-36-58-56(37-42)51-34-27-43(38-59(51)66(58,3)4)48-17-12-19-55-53-15-7-10-22-62(53)69-64(48)55/h5-39H,1-4H3. The van der Waals surface area contributed by atoms with Crippen molar-refractivity contribution in [2.45, 2.75) is 38.5 Å². The molecule has 3 nitrogen and oxygen atoms in total. The summed E-state index contributed by atoms with van der Waals surface area (Å²) in [6.45, 7) is 9.42. The highest BCUT2D eigenvalue weighted by atomic mass is 16.3. The van der Waals surface area contributed by atoms with Gasteiger partial charge in [-0.3, -0.25) is 0 Å². The monoisotopic (exact) mass is 885 g/mol. The van der Waals surface area contributed by atoms with Gasteiger partial charge < -0.3 is 13.7 Å². The molecule has 0 aliphatic heterocycles. The molecule has 12 aromatic rings. The Bertz CT molecular complexity index is 4070. The minimum Gasteiger partial charge on any atom is -0.455 e. The zero-order valence-corrected chi connectivity index (χ0v) is 39.0. The summed E-state index contributed by atoms with van der Waals surface area (Å²) >= 11 is 0. The van der Waals surface area contributed by atoms with Gasteiger partial charge in [0, 0.05) is 60.6 Å². The molecule has 14 rings (SSSR count). The van der Waals surface area contributed by atoms with Crippen molar-refractivity contribution >= 4 is 60.9 Å². The van der Waals surface area contributed by atoms with Crippen LogP contribution in [0.3, 0.4) is 0 Å². The van der Waals surface area contributed by atoms with Gasteiger partial charge in [-0.25, -0.2) is 0 Å². The van der Waals surface area contributed by atoms with Gasteiger partial charge in [-0.1, -0.05) is 179 Å². The van der Waals surface area contributed by atoms with E-state index in [2.05, 4.69) is 227 Å². The first-order valence-electron chi connectivity index (χ1n) is 24.1. The minimum atomic E-state index is -0.161. The first-order chi connectivity index (χ1) is 33.7. The van der Waals surface area contributed by atoms with Gasteiger partial charge in [0.15, 0.2) is 0 Å². The molecule has 0 unspecified atom stereocenters. The third-order valence-electron chi connectivity index (χ3n) is 15.5. The number of rotatable bonds is 6. The lowest BCUT2D eigenvalue weighted by molar-refractivity contribution is 0.660.